The van der Waals surface area contributed by atoms with Gasteiger partial charge in [-0.2, -0.15) is 4.57 Å². The number of aromatic nitrogens is 3. The normalized spacial score (nSPS) is 14.2. The van der Waals surface area contributed by atoms with Gasteiger partial charge in [-0.1, -0.05) is 32.4 Å². The lowest BCUT2D eigenvalue weighted by atomic mass is 10.0. The van der Waals surface area contributed by atoms with Gasteiger partial charge in [-0.05, 0) is 49.6 Å². The second-order valence-electron chi connectivity index (χ2n) is 8.56. The highest BCUT2D eigenvalue weighted by Crippen LogP contribution is 2.31. The largest absolute Gasteiger partial charge is 0.326 e. The number of benzene rings is 1. The highest BCUT2D eigenvalue weighted by molar-refractivity contribution is 6.44. The van der Waals surface area contributed by atoms with E-state index in [0.29, 0.717) is 22.8 Å². The maximum Gasteiger partial charge on any atom is 0.326 e. The Morgan fingerprint density at radius 2 is 1.76 bits per heavy atom. The van der Waals surface area contributed by atoms with Gasteiger partial charge in [0.2, 0.25) is 0 Å². The van der Waals surface area contributed by atoms with E-state index >= 15 is 0 Å². The van der Waals surface area contributed by atoms with E-state index in [1.54, 1.807) is 41.2 Å². The van der Waals surface area contributed by atoms with Gasteiger partial charge in [0.15, 0.2) is 12.4 Å². The molecule has 2 aromatic heterocycles. The summed E-state index contributed by atoms with van der Waals surface area (Å²) in [7, 11) is 0. The summed E-state index contributed by atoms with van der Waals surface area (Å²) in [6, 6.07) is 10.5. The number of rotatable bonds is 6. The van der Waals surface area contributed by atoms with Crippen LogP contribution in [0.25, 0.3) is 17.0 Å². The standard InChI is InChI=1S/C25H25ClN4O3/c1-5-19-20(24(32)30(27-19)18-10-8-17(26)9-11-18)21-22(28-12-6-7-16(4)14-28)25(33)29(23(21)31)13-15(2)3/h6-12,14-15H,5,13H2,1-4H3/p+1. The minimum absolute atomic E-state index is 0.0867. The van der Waals surface area contributed by atoms with Gasteiger partial charge in [-0.15, -0.1) is 0 Å². The van der Waals surface area contributed by atoms with Crippen molar-refractivity contribution in [2.75, 3.05) is 6.54 Å². The molecule has 3 heterocycles. The third-order valence-electron chi connectivity index (χ3n) is 5.55. The SMILES string of the molecule is CCc1[nH]n(-c2ccc(Cl)cc2)c(=O)c1C1=C([n+]2cccc(C)c2)C(=O)N(CC(C)C)C1=O. The van der Waals surface area contributed by atoms with E-state index in [-0.39, 0.29) is 34.9 Å². The number of carbonyl (C=O) groups excluding carboxylic acids is 2. The van der Waals surface area contributed by atoms with Crippen LogP contribution in [0.4, 0.5) is 0 Å². The first-order valence-electron chi connectivity index (χ1n) is 10.9. The van der Waals surface area contributed by atoms with E-state index in [9.17, 15) is 14.4 Å². The number of H-pyrrole nitrogens is 1. The van der Waals surface area contributed by atoms with Gasteiger partial charge in [0.05, 0.1) is 11.3 Å². The molecule has 33 heavy (non-hydrogen) atoms. The Balaban J connectivity index is 1.99. The molecule has 0 aliphatic carbocycles. The molecular weight excluding hydrogens is 440 g/mol. The third-order valence-corrected chi connectivity index (χ3v) is 5.80. The molecule has 1 N–H and O–H groups in total. The van der Waals surface area contributed by atoms with E-state index in [2.05, 4.69) is 5.10 Å². The molecule has 8 heteroatoms. The van der Waals surface area contributed by atoms with Crippen LogP contribution < -0.4 is 10.1 Å². The predicted octanol–water partition coefficient (Wildman–Crippen LogP) is 3.37. The highest BCUT2D eigenvalue weighted by atomic mass is 35.5. The molecule has 1 aromatic carbocycles. The summed E-state index contributed by atoms with van der Waals surface area (Å²) in [5.74, 6) is -0.768. The molecule has 0 bridgehead atoms. The summed E-state index contributed by atoms with van der Waals surface area (Å²) in [6.45, 7) is 7.96. The molecule has 0 saturated heterocycles. The van der Waals surface area contributed by atoms with Crippen LogP contribution in [-0.4, -0.2) is 33.0 Å². The van der Waals surface area contributed by atoms with Crippen molar-refractivity contribution in [3.63, 3.8) is 0 Å². The van der Waals surface area contributed by atoms with Gasteiger partial charge in [0.1, 0.15) is 5.57 Å². The average Bonchev–Trinajstić information content (AvgIpc) is 3.22. The van der Waals surface area contributed by atoms with Gasteiger partial charge in [0, 0.05) is 28.9 Å². The van der Waals surface area contributed by atoms with Gasteiger partial charge in [0.25, 0.3) is 17.2 Å². The summed E-state index contributed by atoms with van der Waals surface area (Å²) in [6.07, 6.45) is 3.99. The van der Waals surface area contributed by atoms with E-state index in [0.717, 1.165) is 5.56 Å². The molecule has 0 spiro atoms. The number of hydrogen-bond donors (Lipinski definition) is 1. The molecule has 7 nitrogen and oxygen atoms in total. The van der Waals surface area contributed by atoms with Crippen molar-refractivity contribution in [3.05, 3.63) is 81.0 Å². The first kappa shape index (κ1) is 22.7. The molecule has 0 saturated carbocycles. The van der Waals surface area contributed by atoms with Crippen molar-refractivity contribution in [3.8, 4) is 5.69 Å². The summed E-state index contributed by atoms with van der Waals surface area (Å²) in [5.41, 5.74) is 2.26. The summed E-state index contributed by atoms with van der Waals surface area (Å²) < 4.78 is 3.03. The van der Waals surface area contributed by atoms with E-state index in [1.165, 1.54) is 9.58 Å². The average molecular weight is 466 g/mol. The fourth-order valence-corrected chi connectivity index (χ4v) is 4.19. The molecule has 4 rings (SSSR count). The topological polar surface area (TPSA) is 79.1 Å². The minimum Gasteiger partial charge on any atom is -0.294 e. The molecule has 0 fully saturated rings. The molecule has 2 amide bonds. The van der Waals surface area contributed by atoms with Crippen LogP contribution >= 0.6 is 11.6 Å². The molecule has 170 valence electrons. The van der Waals surface area contributed by atoms with E-state index in [1.807, 2.05) is 39.8 Å². The Kier molecular flexibility index (Phi) is 6.08. The van der Waals surface area contributed by atoms with Gasteiger partial charge < -0.3 is 0 Å². The molecule has 1 aliphatic rings. The number of aryl methyl sites for hydroxylation is 2. The van der Waals surface area contributed by atoms with Crippen LogP contribution in [0, 0.1) is 12.8 Å². The first-order chi connectivity index (χ1) is 15.7. The van der Waals surface area contributed by atoms with Gasteiger partial charge >= 0.3 is 5.91 Å². The lowest BCUT2D eigenvalue weighted by Crippen LogP contribution is -2.41. The second kappa shape index (κ2) is 8.83. The predicted molar refractivity (Wildman–Crippen MR) is 127 cm³/mol. The number of aromatic amines is 1. The number of carbonyl (C=O) groups is 2. The van der Waals surface area contributed by atoms with Crippen LogP contribution in [0.5, 0.6) is 0 Å². The van der Waals surface area contributed by atoms with Crippen LogP contribution in [0.2, 0.25) is 5.02 Å². The minimum atomic E-state index is -0.452. The van der Waals surface area contributed by atoms with Crippen molar-refractivity contribution in [1.29, 1.82) is 0 Å². The van der Waals surface area contributed by atoms with Crippen molar-refractivity contribution < 1.29 is 14.2 Å². The van der Waals surface area contributed by atoms with Crippen LogP contribution in [0.3, 0.4) is 0 Å². The third kappa shape index (κ3) is 4.04. The summed E-state index contributed by atoms with van der Waals surface area (Å²) in [5, 5.41) is 3.67. The fourth-order valence-electron chi connectivity index (χ4n) is 4.06. The van der Waals surface area contributed by atoms with E-state index in [4.69, 9.17) is 11.6 Å². The summed E-state index contributed by atoms with van der Waals surface area (Å²) >= 11 is 6.00. The molecule has 3 aromatic rings. The van der Waals surface area contributed by atoms with Crippen molar-refractivity contribution in [1.82, 2.24) is 14.7 Å². The van der Waals surface area contributed by atoms with Crippen molar-refractivity contribution in [2.24, 2.45) is 5.92 Å². The molecule has 0 unspecified atom stereocenters. The zero-order chi connectivity index (χ0) is 23.9. The zero-order valence-corrected chi connectivity index (χ0v) is 19.8. The van der Waals surface area contributed by atoms with Gasteiger partial charge in [-0.3, -0.25) is 24.4 Å². The lowest BCUT2D eigenvalue weighted by Gasteiger charge is -2.16. The number of halogens is 1. The number of amides is 2. The highest BCUT2D eigenvalue weighted by Gasteiger charge is 2.47. The van der Waals surface area contributed by atoms with Crippen molar-refractivity contribution >= 4 is 34.7 Å². The molecule has 1 aliphatic heterocycles. The Bertz CT molecular complexity index is 1330. The molecule has 0 radical (unpaired) electrons. The fraction of sp³-hybridized carbons (Fsp3) is 0.280. The Hall–Kier alpha value is -3.45. The van der Waals surface area contributed by atoms with Crippen LogP contribution in [-0.2, 0) is 16.0 Å². The second-order valence-corrected chi connectivity index (χ2v) is 9.00. The van der Waals surface area contributed by atoms with Gasteiger partial charge in [-0.25, -0.2) is 4.68 Å². The summed E-state index contributed by atoms with van der Waals surface area (Å²) in [4.78, 5) is 41.9. The Morgan fingerprint density at radius 3 is 2.36 bits per heavy atom. The first-order valence-corrected chi connectivity index (χ1v) is 11.3. The van der Waals surface area contributed by atoms with Crippen molar-refractivity contribution in [2.45, 2.75) is 34.1 Å². The van der Waals surface area contributed by atoms with E-state index < -0.39 is 11.8 Å². The maximum absolute atomic E-state index is 13.6. The molecule has 0 atom stereocenters. The number of nitrogens with one attached hydrogen (secondary N) is 1. The maximum atomic E-state index is 13.6. The molecular formula is C25H26ClN4O3+. The lowest BCUT2D eigenvalue weighted by molar-refractivity contribution is -0.577. The Morgan fingerprint density at radius 1 is 1.06 bits per heavy atom. The number of hydrogen-bond acceptors (Lipinski definition) is 3. The number of imide groups is 1. The van der Waals surface area contributed by atoms with Crippen LogP contribution in [0.1, 0.15) is 37.6 Å². The number of pyridine rings is 1. The monoisotopic (exact) mass is 465 g/mol. The zero-order valence-electron chi connectivity index (χ0n) is 19.1. The number of nitrogens with zero attached hydrogens (tertiary/aromatic N) is 3. The quantitative estimate of drug-likeness (QED) is 0.447. The Labute approximate surface area is 196 Å². The van der Waals surface area contributed by atoms with Crippen LogP contribution in [0.15, 0.2) is 53.6 Å². The smallest absolute Gasteiger partial charge is 0.294 e.